The van der Waals surface area contributed by atoms with E-state index < -0.39 is 0 Å². The van der Waals surface area contributed by atoms with Crippen LogP contribution in [0.1, 0.15) is 58.8 Å². The molecule has 110 valence electrons. The van der Waals surface area contributed by atoms with Crippen LogP contribution in [0.4, 0.5) is 0 Å². The van der Waals surface area contributed by atoms with Crippen LogP contribution < -0.4 is 0 Å². The Morgan fingerprint density at radius 2 is 2.00 bits per heavy atom. The van der Waals surface area contributed by atoms with Gasteiger partial charge in [0.1, 0.15) is 0 Å². The van der Waals surface area contributed by atoms with Crippen molar-refractivity contribution in [3.63, 3.8) is 0 Å². The van der Waals surface area contributed by atoms with Gasteiger partial charge in [0.25, 0.3) is 0 Å². The third-order valence-electron chi connectivity index (χ3n) is 3.64. The van der Waals surface area contributed by atoms with Crippen LogP contribution in [-0.2, 0) is 14.3 Å². The number of amides is 1. The molecule has 0 aromatic rings. The summed E-state index contributed by atoms with van der Waals surface area (Å²) in [7, 11) is 0. The Kier molecular flexibility index (Phi) is 7.53. The van der Waals surface area contributed by atoms with E-state index in [1.54, 1.807) is 0 Å². The molecule has 1 amide bonds. The van der Waals surface area contributed by atoms with E-state index in [4.69, 9.17) is 4.74 Å². The molecule has 1 heterocycles. The molecular weight excluding hydrogens is 242 g/mol. The van der Waals surface area contributed by atoms with Gasteiger partial charge in [-0.1, -0.05) is 26.2 Å². The molecule has 0 aromatic heterocycles. The summed E-state index contributed by atoms with van der Waals surface area (Å²) in [5.74, 6) is -0.0654. The lowest BCUT2D eigenvalue weighted by atomic mass is 9.97. The molecule has 0 saturated carbocycles. The molecule has 1 fully saturated rings. The van der Waals surface area contributed by atoms with Crippen LogP contribution in [0.25, 0.3) is 0 Å². The number of ether oxygens (including phenoxy) is 1. The third kappa shape index (κ3) is 5.62. The van der Waals surface area contributed by atoms with E-state index in [2.05, 4.69) is 6.92 Å². The lowest BCUT2D eigenvalue weighted by Crippen LogP contribution is -2.42. The number of esters is 1. The highest BCUT2D eigenvalue weighted by atomic mass is 16.5. The van der Waals surface area contributed by atoms with Gasteiger partial charge in [-0.25, -0.2) is 0 Å². The van der Waals surface area contributed by atoms with Gasteiger partial charge < -0.3 is 9.64 Å². The fraction of sp³-hybridized carbons (Fsp3) is 0.867. The van der Waals surface area contributed by atoms with Crippen molar-refractivity contribution >= 4 is 11.9 Å². The number of piperidine rings is 1. The van der Waals surface area contributed by atoms with Crippen molar-refractivity contribution in [1.82, 2.24) is 4.90 Å². The minimum absolute atomic E-state index is 0.117. The van der Waals surface area contributed by atoms with Crippen LogP contribution in [0.5, 0.6) is 0 Å². The second-order valence-electron chi connectivity index (χ2n) is 5.24. The molecule has 19 heavy (non-hydrogen) atoms. The number of carbonyl (C=O) groups is 2. The standard InChI is InChI=1S/C15H27NO3/c1-3-5-6-7-10-14(17)16-11-8-9-13(12-16)15(18)19-4-2/h13H,3-12H2,1-2H3/t13-/m1/s1. The Morgan fingerprint density at radius 1 is 1.21 bits per heavy atom. The number of hydrogen-bond acceptors (Lipinski definition) is 3. The first kappa shape index (κ1) is 16.0. The number of nitrogens with zero attached hydrogens (tertiary/aromatic N) is 1. The van der Waals surface area contributed by atoms with E-state index >= 15 is 0 Å². The molecule has 0 aromatic carbocycles. The van der Waals surface area contributed by atoms with Gasteiger partial charge in [0.05, 0.1) is 12.5 Å². The largest absolute Gasteiger partial charge is 0.466 e. The first-order valence-electron chi connectivity index (χ1n) is 7.63. The molecule has 1 aliphatic rings. The summed E-state index contributed by atoms with van der Waals surface area (Å²) in [5.41, 5.74) is 0. The second-order valence-corrected chi connectivity index (χ2v) is 5.24. The van der Waals surface area contributed by atoms with Crippen LogP contribution in [0.3, 0.4) is 0 Å². The fourth-order valence-electron chi connectivity index (χ4n) is 2.52. The number of rotatable bonds is 7. The van der Waals surface area contributed by atoms with Gasteiger partial charge in [-0.2, -0.15) is 0 Å². The summed E-state index contributed by atoms with van der Waals surface area (Å²) in [4.78, 5) is 25.6. The van der Waals surface area contributed by atoms with E-state index in [0.29, 0.717) is 19.6 Å². The lowest BCUT2D eigenvalue weighted by molar-refractivity contribution is -0.151. The maximum Gasteiger partial charge on any atom is 0.310 e. The Balaban J connectivity index is 2.32. The Morgan fingerprint density at radius 3 is 2.68 bits per heavy atom. The fourth-order valence-corrected chi connectivity index (χ4v) is 2.52. The zero-order valence-electron chi connectivity index (χ0n) is 12.3. The van der Waals surface area contributed by atoms with Crippen molar-refractivity contribution in [2.45, 2.75) is 58.8 Å². The van der Waals surface area contributed by atoms with E-state index in [9.17, 15) is 9.59 Å². The van der Waals surface area contributed by atoms with Crippen molar-refractivity contribution in [1.29, 1.82) is 0 Å². The molecule has 4 nitrogen and oxygen atoms in total. The quantitative estimate of drug-likeness (QED) is 0.527. The van der Waals surface area contributed by atoms with Crippen LogP contribution in [0.2, 0.25) is 0 Å². The van der Waals surface area contributed by atoms with Gasteiger partial charge >= 0.3 is 5.97 Å². The van der Waals surface area contributed by atoms with Gasteiger partial charge in [-0.15, -0.1) is 0 Å². The average Bonchev–Trinajstić information content (AvgIpc) is 2.44. The topological polar surface area (TPSA) is 46.6 Å². The molecule has 4 heteroatoms. The zero-order chi connectivity index (χ0) is 14.1. The van der Waals surface area contributed by atoms with Crippen molar-refractivity contribution in [2.75, 3.05) is 19.7 Å². The smallest absolute Gasteiger partial charge is 0.310 e. The Labute approximate surface area is 116 Å². The predicted octanol–water partition coefficient (Wildman–Crippen LogP) is 2.76. The summed E-state index contributed by atoms with van der Waals surface area (Å²) in [6.45, 7) is 5.74. The predicted molar refractivity (Wildman–Crippen MR) is 74.7 cm³/mol. The third-order valence-corrected chi connectivity index (χ3v) is 3.64. The number of likely N-dealkylation sites (tertiary alicyclic amines) is 1. The van der Waals surface area contributed by atoms with Crippen molar-refractivity contribution in [2.24, 2.45) is 5.92 Å². The highest BCUT2D eigenvalue weighted by Gasteiger charge is 2.28. The molecule has 0 bridgehead atoms. The molecule has 1 saturated heterocycles. The highest BCUT2D eigenvalue weighted by molar-refractivity contribution is 5.78. The molecule has 0 spiro atoms. The van der Waals surface area contributed by atoms with Crippen LogP contribution in [0.15, 0.2) is 0 Å². The molecule has 1 atom stereocenters. The Bertz CT molecular complexity index is 291. The van der Waals surface area contributed by atoms with Gasteiger partial charge in [-0.05, 0) is 26.2 Å². The first-order valence-corrected chi connectivity index (χ1v) is 7.63. The highest BCUT2D eigenvalue weighted by Crippen LogP contribution is 2.19. The minimum atomic E-state index is -0.147. The molecule has 0 unspecified atom stereocenters. The van der Waals surface area contributed by atoms with Crippen molar-refractivity contribution in [3.05, 3.63) is 0 Å². The SMILES string of the molecule is CCCCCCC(=O)N1CCC[C@@H](C(=O)OCC)C1. The number of carbonyl (C=O) groups excluding carboxylic acids is 2. The van der Waals surface area contributed by atoms with Crippen molar-refractivity contribution < 1.29 is 14.3 Å². The lowest BCUT2D eigenvalue weighted by Gasteiger charge is -2.31. The van der Waals surface area contributed by atoms with Gasteiger partial charge in [-0.3, -0.25) is 9.59 Å². The van der Waals surface area contributed by atoms with E-state index in [0.717, 1.165) is 32.2 Å². The molecule has 1 rings (SSSR count). The molecule has 1 aliphatic heterocycles. The number of hydrogen-bond donors (Lipinski definition) is 0. The maximum atomic E-state index is 12.1. The average molecular weight is 269 g/mol. The summed E-state index contributed by atoms with van der Waals surface area (Å²) in [6.07, 6.45) is 6.84. The van der Waals surface area contributed by atoms with Crippen molar-refractivity contribution in [3.8, 4) is 0 Å². The van der Waals surface area contributed by atoms with Gasteiger partial charge in [0.2, 0.25) is 5.91 Å². The summed E-state index contributed by atoms with van der Waals surface area (Å²) < 4.78 is 5.05. The molecule has 0 radical (unpaired) electrons. The zero-order valence-corrected chi connectivity index (χ0v) is 12.3. The van der Waals surface area contributed by atoms with Crippen LogP contribution in [-0.4, -0.2) is 36.5 Å². The summed E-state index contributed by atoms with van der Waals surface area (Å²) in [6, 6.07) is 0. The van der Waals surface area contributed by atoms with E-state index in [1.165, 1.54) is 12.8 Å². The monoisotopic (exact) mass is 269 g/mol. The molecular formula is C15H27NO3. The number of unbranched alkanes of at least 4 members (excludes halogenated alkanes) is 3. The summed E-state index contributed by atoms with van der Waals surface area (Å²) in [5, 5.41) is 0. The van der Waals surface area contributed by atoms with E-state index in [1.807, 2.05) is 11.8 Å². The maximum absolute atomic E-state index is 12.1. The second kappa shape index (κ2) is 8.94. The molecule has 0 aliphatic carbocycles. The normalized spacial score (nSPS) is 19.3. The summed E-state index contributed by atoms with van der Waals surface area (Å²) >= 11 is 0. The van der Waals surface area contributed by atoms with Gasteiger partial charge in [0.15, 0.2) is 0 Å². The van der Waals surface area contributed by atoms with Gasteiger partial charge in [0, 0.05) is 19.5 Å². The van der Waals surface area contributed by atoms with Crippen LogP contribution >= 0.6 is 0 Å². The van der Waals surface area contributed by atoms with Crippen LogP contribution in [0, 0.1) is 5.92 Å². The minimum Gasteiger partial charge on any atom is -0.466 e. The first-order chi connectivity index (χ1) is 9.19. The van der Waals surface area contributed by atoms with E-state index in [-0.39, 0.29) is 17.8 Å². The Hall–Kier alpha value is -1.06. The molecule has 0 N–H and O–H groups in total.